The Kier molecular flexibility index (Phi) is 7.56. The van der Waals surface area contributed by atoms with E-state index in [1.165, 1.54) is 13.5 Å². The molecule has 1 aliphatic rings. The van der Waals surface area contributed by atoms with E-state index in [-0.39, 0.29) is 30.9 Å². The Morgan fingerprint density at radius 1 is 1.20 bits per heavy atom. The molecule has 6 heteroatoms. The highest BCUT2D eigenvalue weighted by atomic mass is 35.5. The van der Waals surface area contributed by atoms with Crippen molar-refractivity contribution in [3.63, 3.8) is 0 Å². The van der Waals surface area contributed by atoms with Gasteiger partial charge in [0.05, 0.1) is 13.5 Å². The van der Waals surface area contributed by atoms with Gasteiger partial charge in [0.25, 0.3) is 5.91 Å². The molecule has 1 aliphatic carbocycles. The Morgan fingerprint density at radius 3 is 2.52 bits per heavy atom. The fourth-order valence-corrected chi connectivity index (χ4v) is 3.43. The molecule has 0 saturated heterocycles. The topological polar surface area (TPSA) is 55.8 Å². The molecule has 1 amide bonds. The first-order chi connectivity index (χ1) is 12.0. The second-order valence-electron chi connectivity index (χ2n) is 6.48. The fraction of sp³-hybridized carbons (Fsp3) is 0.579. The highest BCUT2D eigenvalue weighted by molar-refractivity contribution is 6.30. The summed E-state index contributed by atoms with van der Waals surface area (Å²) < 4.78 is 10.3. The Bertz CT molecular complexity index is 575. The second kappa shape index (κ2) is 9.66. The van der Waals surface area contributed by atoms with E-state index in [0.29, 0.717) is 23.2 Å². The molecule has 0 heterocycles. The highest BCUT2D eigenvalue weighted by Gasteiger charge is 2.30. The summed E-state index contributed by atoms with van der Waals surface area (Å²) >= 11 is 5.85. The van der Waals surface area contributed by atoms with Gasteiger partial charge in [0.1, 0.15) is 5.75 Å². The molecule has 25 heavy (non-hydrogen) atoms. The molecular weight excluding hydrogens is 342 g/mol. The number of amides is 1. The largest absolute Gasteiger partial charge is 0.484 e. The lowest BCUT2D eigenvalue weighted by Crippen LogP contribution is -2.48. The summed E-state index contributed by atoms with van der Waals surface area (Å²) in [6.45, 7) is 2.48. The molecule has 2 atom stereocenters. The van der Waals surface area contributed by atoms with Gasteiger partial charge in [-0.1, -0.05) is 31.4 Å². The van der Waals surface area contributed by atoms with Crippen LogP contribution in [0.2, 0.25) is 5.02 Å². The summed E-state index contributed by atoms with van der Waals surface area (Å²) in [7, 11) is 1.36. The Labute approximate surface area is 154 Å². The maximum Gasteiger partial charge on any atom is 0.307 e. The zero-order valence-corrected chi connectivity index (χ0v) is 15.6. The summed E-state index contributed by atoms with van der Waals surface area (Å²) in [5.74, 6) is 0.616. The van der Waals surface area contributed by atoms with Crippen LogP contribution < -0.4 is 4.74 Å². The minimum atomic E-state index is -0.306. The lowest BCUT2D eigenvalue weighted by atomic mass is 9.84. The first-order valence-corrected chi connectivity index (χ1v) is 9.13. The van der Waals surface area contributed by atoms with Crippen LogP contribution in [0.5, 0.6) is 5.75 Å². The summed E-state index contributed by atoms with van der Waals surface area (Å²) in [5, 5.41) is 0.620. The van der Waals surface area contributed by atoms with Crippen LogP contribution in [-0.4, -0.2) is 43.1 Å². The van der Waals surface area contributed by atoms with Crippen molar-refractivity contribution in [3.05, 3.63) is 29.3 Å². The van der Waals surface area contributed by atoms with Gasteiger partial charge in [0.15, 0.2) is 6.61 Å². The van der Waals surface area contributed by atoms with Crippen molar-refractivity contribution in [1.29, 1.82) is 0 Å². The van der Waals surface area contributed by atoms with Crippen molar-refractivity contribution in [2.45, 2.75) is 45.1 Å². The van der Waals surface area contributed by atoms with Gasteiger partial charge in [-0.15, -0.1) is 0 Å². The maximum atomic E-state index is 12.8. The average molecular weight is 368 g/mol. The van der Waals surface area contributed by atoms with Gasteiger partial charge >= 0.3 is 5.97 Å². The number of hydrogen-bond donors (Lipinski definition) is 0. The normalized spacial score (nSPS) is 20.0. The third-order valence-corrected chi connectivity index (χ3v) is 5.00. The molecule has 2 rings (SSSR count). The Hall–Kier alpha value is -1.75. The van der Waals surface area contributed by atoms with Crippen LogP contribution in [0.3, 0.4) is 0 Å². The van der Waals surface area contributed by atoms with E-state index >= 15 is 0 Å². The van der Waals surface area contributed by atoms with Crippen molar-refractivity contribution in [3.8, 4) is 5.75 Å². The van der Waals surface area contributed by atoms with E-state index in [2.05, 4.69) is 6.92 Å². The Morgan fingerprint density at radius 2 is 1.88 bits per heavy atom. The molecule has 0 bridgehead atoms. The van der Waals surface area contributed by atoms with E-state index in [4.69, 9.17) is 21.1 Å². The van der Waals surface area contributed by atoms with E-state index in [0.717, 1.165) is 19.3 Å². The van der Waals surface area contributed by atoms with E-state index in [9.17, 15) is 9.59 Å². The molecule has 0 spiro atoms. The Balaban J connectivity index is 2.00. The van der Waals surface area contributed by atoms with E-state index in [1.807, 2.05) is 0 Å². The zero-order chi connectivity index (χ0) is 18.2. The molecule has 138 valence electrons. The van der Waals surface area contributed by atoms with Crippen molar-refractivity contribution >= 4 is 23.5 Å². The molecule has 1 aromatic carbocycles. The highest BCUT2D eigenvalue weighted by Crippen LogP contribution is 2.28. The lowest BCUT2D eigenvalue weighted by molar-refractivity contribution is -0.143. The number of carbonyl (C=O) groups excluding carboxylic acids is 2. The molecule has 0 aliphatic heterocycles. The lowest BCUT2D eigenvalue weighted by Gasteiger charge is -2.38. The van der Waals surface area contributed by atoms with Crippen molar-refractivity contribution in [2.75, 3.05) is 20.3 Å². The van der Waals surface area contributed by atoms with Crippen LogP contribution in [0, 0.1) is 5.92 Å². The van der Waals surface area contributed by atoms with Crippen molar-refractivity contribution in [1.82, 2.24) is 4.90 Å². The first kappa shape index (κ1) is 19.6. The number of rotatable bonds is 7. The van der Waals surface area contributed by atoms with Gasteiger partial charge < -0.3 is 14.4 Å². The number of hydrogen-bond acceptors (Lipinski definition) is 4. The minimum absolute atomic E-state index is 0.0496. The zero-order valence-electron chi connectivity index (χ0n) is 14.9. The molecule has 1 fully saturated rings. The van der Waals surface area contributed by atoms with Crippen LogP contribution in [0.25, 0.3) is 0 Å². The van der Waals surface area contributed by atoms with Crippen LogP contribution >= 0.6 is 11.6 Å². The fourth-order valence-electron chi connectivity index (χ4n) is 3.31. The molecule has 0 aromatic heterocycles. The number of ether oxygens (including phenoxy) is 2. The molecule has 1 saturated carbocycles. The summed E-state index contributed by atoms with van der Waals surface area (Å²) in [5.41, 5.74) is 0. The standard InChI is InChI=1S/C19H26ClNO4/c1-14-5-3-4-6-17(14)21(12-11-19(23)24-2)18(22)13-25-16-9-7-15(20)8-10-16/h7-10,14,17H,3-6,11-13H2,1-2H3. The molecule has 0 N–H and O–H groups in total. The molecule has 5 nitrogen and oxygen atoms in total. The van der Waals surface area contributed by atoms with E-state index in [1.54, 1.807) is 29.2 Å². The average Bonchev–Trinajstić information content (AvgIpc) is 2.62. The van der Waals surface area contributed by atoms with Crippen LogP contribution in [0.15, 0.2) is 24.3 Å². The van der Waals surface area contributed by atoms with Gasteiger partial charge in [0.2, 0.25) is 0 Å². The van der Waals surface area contributed by atoms with Crippen molar-refractivity contribution < 1.29 is 19.1 Å². The minimum Gasteiger partial charge on any atom is -0.484 e. The second-order valence-corrected chi connectivity index (χ2v) is 6.92. The van der Waals surface area contributed by atoms with Gasteiger partial charge in [-0.3, -0.25) is 9.59 Å². The molecule has 0 radical (unpaired) electrons. The predicted octanol–water partition coefficient (Wildman–Crippen LogP) is 3.69. The van der Waals surface area contributed by atoms with Gasteiger partial charge in [-0.05, 0) is 43.0 Å². The third kappa shape index (κ3) is 5.92. The van der Waals surface area contributed by atoms with Gasteiger partial charge in [-0.25, -0.2) is 0 Å². The number of esters is 1. The molecular formula is C19H26ClNO4. The predicted molar refractivity (Wildman–Crippen MR) is 96.7 cm³/mol. The summed E-state index contributed by atoms with van der Waals surface area (Å²) in [4.78, 5) is 26.1. The maximum absolute atomic E-state index is 12.8. The van der Waals surface area contributed by atoms with Crippen molar-refractivity contribution in [2.24, 2.45) is 5.92 Å². The summed E-state index contributed by atoms with van der Waals surface area (Å²) in [6.07, 6.45) is 4.57. The van der Waals surface area contributed by atoms with E-state index < -0.39 is 0 Å². The molecule has 1 aromatic rings. The van der Waals surface area contributed by atoms with Gasteiger partial charge in [-0.2, -0.15) is 0 Å². The van der Waals surface area contributed by atoms with Crippen LogP contribution in [0.1, 0.15) is 39.0 Å². The number of carbonyl (C=O) groups is 2. The number of benzene rings is 1. The quantitative estimate of drug-likeness (QED) is 0.690. The smallest absolute Gasteiger partial charge is 0.307 e. The van der Waals surface area contributed by atoms with Crippen LogP contribution in [0.4, 0.5) is 0 Å². The van der Waals surface area contributed by atoms with Crippen LogP contribution in [-0.2, 0) is 14.3 Å². The van der Waals surface area contributed by atoms with Gasteiger partial charge in [0, 0.05) is 17.6 Å². The third-order valence-electron chi connectivity index (χ3n) is 4.75. The SMILES string of the molecule is COC(=O)CCN(C(=O)COc1ccc(Cl)cc1)C1CCCCC1C. The number of nitrogens with zero attached hydrogens (tertiary/aromatic N) is 1. The molecule has 2 unspecified atom stereocenters. The monoisotopic (exact) mass is 367 g/mol. The number of methoxy groups -OCH3 is 1. The first-order valence-electron chi connectivity index (χ1n) is 8.76. The summed E-state index contributed by atoms with van der Waals surface area (Å²) in [6, 6.07) is 7.06. The number of halogens is 1.